The Morgan fingerprint density at radius 3 is 1.83 bits per heavy atom. The van der Waals surface area contributed by atoms with Crippen molar-refractivity contribution in [3.05, 3.63) is 65.7 Å². The predicted octanol–water partition coefficient (Wildman–Crippen LogP) is 6.54. The first-order valence-electron chi connectivity index (χ1n) is 10.8. The molecule has 2 nitrogen and oxygen atoms in total. The highest BCUT2D eigenvalue weighted by Crippen LogP contribution is 2.41. The number of fused-ring (bicyclic) bond motifs is 1. The van der Waals surface area contributed by atoms with E-state index in [1.165, 1.54) is 5.39 Å². The molecule has 2 heterocycles. The number of hydrogen-bond acceptors (Lipinski definition) is 1. The average Bonchev–Trinajstić information content (AvgIpc) is 2.98. The average molecular weight is 413 g/mol. The molecule has 0 bridgehead atoms. The van der Waals surface area contributed by atoms with Gasteiger partial charge in [0, 0.05) is 35.8 Å². The van der Waals surface area contributed by atoms with Crippen LogP contribution in [0.15, 0.2) is 48.8 Å². The van der Waals surface area contributed by atoms with Gasteiger partial charge in [-0.1, -0.05) is 77.6 Å². The summed E-state index contributed by atoms with van der Waals surface area (Å²) in [5.74, 6) is 10.3. The van der Waals surface area contributed by atoms with Crippen LogP contribution in [-0.2, 0) is 7.05 Å². The lowest BCUT2D eigenvalue weighted by molar-refractivity contribution is 0.838. The normalized spacial score (nSPS) is 11.5. The van der Waals surface area contributed by atoms with Crippen molar-refractivity contribution < 1.29 is 0 Å². The van der Waals surface area contributed by atoms with E-state index < -0.39 is 8.07 Å². The number of aromatic nitrogens is 2. The van der Waals surface area contributed by atoms with Gasteiger partial charge in [-0.2, -0.15) is 0 Å². The highest BCUT2D eigenvalue weighted by atomic mass is 28.3. The standard InChI is InChI=1S/C27H32N2Si/c1-20(2)30(21(3)4,22(5)6)18-16-27-25-13-9-8-12-24(25)26(29(27)7)15-14-23-11-10-17-28-19-23/h8-13,17,19-22H,1-7H3. The summed E-state index contributed by atoms with van der Waals surface area (Å²) >= 11 is 0. The second-order valence-electron chi connectivity index (χ2n) is 8.94. The fourth-order valence-corrected chi connectivity index (χ4v) is 10.0. The number of pyridine rings is 1. The molecule has 3 heteroatoms. The van der Waals surface area contributed by atoms with Gasteiger partial charge in [0.1, 0.15) is 13.8 Å². The molecule has 0 N–H and O–H groups in total. The van der Waals surface area contributed by atoms with Crippen LogP contribution in [0, 0.1) is 23.3 Å². The van der Waals surface area contributed by atoms with Gasteiger partial charge in [0.2, 0.25) is 0 Å². The number of benzene rings is 1. The molecule has 0 amide bonds. The van der Waals surface area contributed by atoms with Crippen LogP contribution in [0.2, 0.25) is 16.6 Å². The van der Waals surface area contributed by atoms with Crippen molar-refractivity contribution in [3.63, 3.8) is 0 Å². The minimum absolute atomic E-state index is 0.612. The van der Waals surface area contributed by atoms with Crippen molar-refractivity contribution in [3.8, 4) is 23.3 Å². The van der Waals surface area contributed by atoms with Crippen LogP contribution in [0.3, 0.4) is 0 Å². The summed E-state index contributed by atoms with van der Waals surface area (Å²) in [7, 11) is 0.283. The van der Waals surface area contributed by atoms with E-state index in [4.69, 9.17) is 0 Å². The van der Waals surface area contributed by atoms with Gasteiger partial charge in [0.15, 0.2) is 0 Å². The van der Waals surface area contributed by atoms with Crippen molar-refractivity contribution in [2.75, 3.05) is 0 Å². The Morgan fingerprint density at radius 2 is 1.33 bits per heavy atom. The first kappa shape index (κ1) is 21.9. The largest absolute Gasteiger partial charge is 0.330 e. The van der Waals surface area contributed by atoms with Gasteiger partial charge < -0.3 is 4.57 Å². The van der Waals surface area contributed by atoms with E-state index >= 15 is 0 Å². The lowest BCUT2D eigenvalue weighted by Gasteiger charge is -2.38. The molecule has 0 saturated heterocycles. The van der Waals surface area contributed by atoms with Crippen molar-refractivity contribution >= 4 is 18.8 Å². The molecule has 0 unspecified atom stereocenters. The molecule has 30 heavy (non-hydrogen) atoms. The Labute approximate surface area is 182 Å². The summed E-state index contributed by atoms with van der Waals surface area (Å²) in [6.07, 6.45) is 3.57. The third-order valence-corrected chi connectivity index (χ3v) is 12.6. The number of nitrogens with zero attached hydrogens (tertiary/aromatic N) is 2. The molecule has 0 spiro atoms. The highest BCUT2D eigenvalue weighted by molar-refractivity contribution is 6.90. The molecular weight excluding hydrogens is 380 g/mol. The number of hydrogen-bond donors (Lipinski definition) is 0. The summed E-state index contributed by atoms with van der Waals surface area (Å²) in [4.78, 5) is 4.17. The zero-order chi connectivity index (χ0) is 21.9. The zero-order valence-corrected chi connectivity index (χ0v) is 20.2. The maximum absolute atomic E-state index is 4.17. The third-order valence-electron chi connectivity index (χ3n) is 6.36. The molecule has 1 aromatic carbocycles. The van der Waals surface area contributed by atoms with E-state index in [1.54, 1.807) is 12.4 Å². The van der Waals surface area contributed by atoms with E-state index in [2.05, 4.69) is 106 Å². The van der Waals surface area contributed by atoms with Crippen LogP contribution in [0.25, 0.3) is 10.8 Å². The van der Waals surface area contributed by atoms with Crippen LogP contribution < -0.4 is 0 Å². The quantitative estimate of drug-likeness (QED) is 0.353. The molecule has 0 fully saturated rings. The fourth-order valence-electron chi connectivity index (χ4n) is 4.84. The molecule has 154 valence electrons. The molecule has 3 aromatic rings. The van der Waals surface area contributed by atoms with Crippen LogP contribution in [0.1, 0.15) is 58.5 Å². The van der Waals surface area contributed by atoms with E-state index in [0.717, 1.165) is 22.3 Å². The number of rotatable bonds is 3. The summed E-state index contributed by atoms with van der Waals surface area (Å²) in [5.41, 5.74) is 8.71. The van der Waals surface area contributed by atoms with Crippen molar-refractivity contribution in [1.82, 2.24) is 9.55 Å². The summed E-state index contributed by atoms with van der Waals surface area (Å²) in [5, 5.41) is 2.34. The smallest absolute Gasteiger partial charge is 0.146 e. The molecule has 0 radical (unpaired) electrons. The second-order valence-corrected chi connectivity index (χ2v) is 14.5. The van der Waals surface area contributed by atoms with Gasteiger partial charge in [0.05, 0.1) is 5.69 Å². The molecule has 0 saturated carbocycles. The predicted molar refractivity (Wildman–Crippen MR) is 131 cm³/mol. The van der Waals surface area contributed by atoms with Gasteiger partial charge in [-0.05, 0) is 34.7 Å². The van der Waals surface area contributed by atoms with Crippen molar-refractivity contribution in [2.45, 2.75) is 58.2 Å². The highest BCUT2D eigenvalue weighted by Gasteiger charge is 2.41. The monoisotopic (exact) mass is 412 g/mol. The van der Waals surface area contributed by atoms with Crippen LogP contribution in [0.4, 0.5) is 0 Å². The lowest BCUT2D eigenvalue weighted by atomic mass is 10.1. The van der Waals surface area contributed by atoms with E-state index in [1.807, 2.05) is 12.1 Å². The van der Waals surface area contributed by atoms with Gasteiger partial charge in [-0.15, -0.1) is 5.54 Å². The maximum Gasteiger partial charge on any atom is 0.146 e. The Morgan fingerprint density at radius 1 is 0.767 bits per heavy atom. The first-order chi connectivity index (χ1) is 14.3. The summed E-state index contributed by atoms with van der Waals surface area (Å²) < 4.78 is 2.17. The minimum atomic E-state index is -1.80. The fraction of sp³-hybridized carbons (Fsp3) is 0.370. The topological polar surface area (TPSA) is 17.8 Å². The molecule has 0 aliphatic carbocycles. The van der Waals surface area contributed by atoms with Crippen LogP contribution >= 0.6 is 0 Å². The summed E-state index contributed by atoms with van der Waals surface area (Å²) in [6.45, 7) is 14.1. The Kier molecular flexibility index (Phi) is 6.54. The molecule has 0 aliphatic rings. The Hall–Kier alpha value is -2.75. The van der Waals surface area contributed by atoms with Gasteiger partial charge in [-0.25, -0.2) is 0 Å². The Bertz CT molecular complexity index is 1120. The minimum Gasteiger partial charge on any atom is -0.330 e. The second kappa shape index (κ2) is 8.95. The van der Waals surface area contributed by atoms with Gasteiger partial charge in [-0.3, -0.25) is 4.98 Å². The third kappa shape index (κ3) is 3.96. The molecule has 0 atom stereocenters. The molecule has 2 aromatic heterocycles. The Balaban J connectivity index is 2.19. The molecular formula is C27H32N2Si. The lowest BCUT2D eigenvalue weighted by Crippen LogP contribution is -2.43. The maximum atomic E-state index is 4.17. The van der Waals surface area contributed by atoms with Gasteiger partial charge in [0.25, 0.3) is 0 Å². The molecule has 3 rings (SSSR count). The van der Waals surface area contributed by atoms with Gasteiger partial charge >= 0.3 is 0 Å². The van der Waals surface area contributed by atoms with Crippen molar-refractivity contribution in [2.24, 2.45) is 7.05 Å². The van der Waals surface area contributed by atoms with E-state index in [9.17, 15) is 0 Å². The van der Waals surface area contributed by atoms with Crippen molar-refractivity contribution in [1.29, 1.82) is 0 Å². The first-order valence-corrected chi connectivity index (χ1v) is 13.0. The van der Waals surface area contributed by atoms with E-state index in [0.29, 0.717) is 16.6 Å². The zero-order valence-electron chi connectivity index (χ0n) is 19.2. The summed E-state index contributed by atoms with van der Waals surface area (Å²) in [6, 6.07) is 12.4. The molecule has 0 aliphatic heterocycles. The van der Waals surface area contributed by atoms with E-state index in [-0.39, 0.29) is 0 Å². The van der Waals surface area contributed by atoms with Crippen LogP contribution in [-0.4, -0.2) is 17.6 Å². The SMILES string of the molecule is CC(C)[Si](C#Cc1c2ccccc2c(C#Cc2cccnc2)n1C)(C(C)C)C(C)C. The van der Waals surface area contributed by atoms with Crippen LogP contribution in [0.5, 0.6) is 0 Å².